The Morgan fingerprint density at radius 2 is 2.08 bits per heavy atom. The first kappa shape index (κ1) is 16.5. The van der Waals surface area contributed by atoms with E-state index in [-0.39, 0.29) is 17.8 Å². The monoisotopic (exact) mass is 328 g/mol. The van der Waals surface area contributed by atoms with Crippen molar-refractivity contribution in [3.05, 3.63) is 65.5 Å². The maximum absolute atomic E-state index is 13.2. The van der Waals surface area contributed by atoms with Gasteiger partial charge in [0, 0.05) is 38.2 Å². The second kappa shape index (κ2) is 7.45. The van der Waals surface area contributed by atoms with E-state index in [1.807, 2.05) is 37.4 Å². The molecule has 0 radical (unpaired) electrons. The van der Waals surface area contributed by atoms with Gasteiger partial charge in [0.2, 0.25) is 5.91 Å². The molecule has 1 unspecified atom stereocenters. The number of nitrogens with one attached hydrogen (secondary N) is 1. The standard InChI is InChI=1S/C19H21FN2O2/c1-22-12-17(10-19(22)23)21-11-15-6-2-3-8-18(15)24-13-14-5-4-7-16(20)9-14/h2-9,17,21H,10-13H2,1H3. The third-order valence-electron chi connectivity index (χ3n) is 4.18. The summed E-state index contributed by atoms with van der Waals surface area (Å²) in [6.45, 7) is 1.68. The zero-order chi connectivity index (χ0) is 16.9. The van der Waals surface area contributed by atoms with Crippen molar-refractivity contribution in [1.82, 2.24) is 10.2 Å². The van der Waals surface area contributed by atoms with Gasteiger partial charge in [0.1, 0.15) is 18.2 Å². The van der Waals surface area contributed by atoms with E-state index in [0.717, 1.165) is 23.4 Å². The van der Waals surface area contributed by atoms with E-state index in [0.29, 0.717) is 19.6 Å². The van der Waals surface area contributed by atoms with Gasteiger partial charge in [-0.25, -0.2) is 4.39 Å². The van der Waals surface area contributed by atoms with Crippen molar-refractivity contribution < 1.29 is 13.9 Å². The third-order valence-corrected chi connectivity index (χ3v) is 4.18. The smallest absolute Gasteiger partial charge is 0.224 e. The van der Waals surface area contributed by atoms with Crippen LogP contribution >= 0.6 is 0 Å². The van der Waals surface area contributed by atoms with E-state index in [1.54, 1.807) is 11.0 Å². The summed E-state index contributed by atoms with van der Waals surface area (Å²) < 4.78 is 19.1. The molecular weight excluding hydrogens is 307 g/mol. The molecule has 4 nitrogen and oxygen atoms in total. The number of benzene rings is 2. The third kappa shape index (κ3) is 4.11. The summed E-state index contributed by atoms with van der Waals surface area (Å²) in [6, 6.07) is 14.3. The lowest BCUT2D eigenvalue weighted by Crippen LogP contribution is -2.31. The molecular formula is C19H21FN2O2. The lowest BCUT2D eigenvalue weighted by atomic mass is 10.1. The van der Waals surface area contributed by atoms with E-state index in [1.165, 1.54) is 12.1 Å². The molecule has 1 fully saturated rings. The van der Waals surface area contributed by atoms with Gasteiger partial charge < -0.3 is 15.0 Å². The number of halogens is 1. The van der Waals surface area contributed by atoms with Crippen molar-refractivity contribution in [3.8, 4) is 5.75 Å². The molecule has 1 amide bonds. The second-order valence-corrected chi connectivity index (χ2v) is 6.08. The molecule has 1 N–H and O–H groups in total. The molecule has 0 spiro atoms. The number of hydrogen-bond acceptors (Lipinski definition) is 3. The predicted octanol–water partition coefficient (Wildman–Crippen LogP) is 2.73. The molecule has 0 aromatic heterocycles. The zero-order valence-corrected chi connectivity index (χ0v) is 13.7. The molecule has 1 saturated heterocycles. The zero-order valence-electron chi connectivity index (χ0n) is 13.7. The Bertz CT molecular complexity index is 720. The highest BCUT2D eigenvalue weighted by Gasteiger charge is 2.26. The fourth-order valence-corrected chi connectivity index (χ4v) is 2.83. The molecule has 0 aliphatic carbocycles. The van der Waals surface area contributed by atoms with Crippen molar-refractivity contribution in [1.29, 1.82) is 0 Å². The van der Waals surface area contributed by atoms with Gasteiger partial charge in [0.25, 0.3) is 0 Å². The van der Waals surface area contributed by atoms with E-state index < -0.39 is 0 Å². The highest BCUT2D eigenvalue weighted by Crippen LogP contribution is 2.20. The summed E-state index contributed by atoms with van der Waals surface area (Å²) in [5, 5.41) is 3.40. The molecule has 3 rings (SSSR count). The molecule has 5 heteroatoms. The molecule has 2 aromatic rings. The molecule has 0 bridgehead atoms. The van der Waals surface area contributed by atoms with Gasteiger partial charge in [-0.2, -0.15) is 0 Å². The summed E-state index contributed by atoms with van der Waals surface area (Å²) in [5.41, 5.74) is 1.82. The van der Waals surface area contributed by atoms with Crippen molar-refractivity contribution in [2.45, 2.75) is 25.6 Å². The molecule has 1 atom stereocenters. The first-order valence-corrected chi connectivity index (χ1v) is 8.04. The van der Waals surface area contributed by atoms with Crippen molar-refractivity contribution in [2.75, 3.05) is 13.6 Å². The van der Waals surface area contributed by atoms with Gasteiger partial charge in [-0.3, -0.25) is 4.79 Å². The Labute approximate surface area is 141 Å². The number of likely N-dealkylation sites (N-methyl/N-ethyl adjacent to an activating group) is 1. The van der Waals surface area contributed by atoms with Crippen LogP contribution in [-0.4, -0.2) is 30.4 Å². The topological polar surface area (TPSA) is 41.6 Å². The van der Waals surface area contributed by atoms with Crippen LogP contribution < -0.4 is 10.1 Å². The van der Waals surface area contributed by atoms with Crippen LogP contribution in [0, 0.1) is 5.82 Å². The molecule has 1 heterocycles. The highest BCUT2D eigenvalue weighted by molar-refractivity contribution is 5.78. The lowest BCUT2D eigenvalue weighted by Gasteiger charge is -2.15. The van der Waals surface area contributed by atoms with Gasteiger partial charge in [-0.1, -0.05) is 30.3 Å². The van der Waals surface area contributed by atoms with Crippen LogP contribution in [0.4, 0.5) is 4.39 Å². The van der Waals surface area contributed by atoms with Crippen LogP contribution in [0.3, 0.4) is 0 Å². The minimum Gasteiger partial charge on any atom is -0.489 e. The Kier molecular flexibility index (Phi) is 5.11. The normalized spacial score (nSPS) is 17.3. The minimum atomic E-state index is -0.263. The van der Waals surface area contributed by atoms with Gasteiger partial charge in [-0.05, 0) is 23.8 Å². The van der Waals surface area contributed by atoms with Gasteiger partial charge >= 0.3 is 0 Å². The molecule has 1 aliphatic heterocycles. The molecule has 1 aliphatic rings. The summed E-state index contributed by atoms with van der Waals surface area (Å²) >= 11 is 0. The van der Waals surface area contributed by atoms with Crippen LogP contribution in [-0.2, 0) is 17.9 Å². The Hall–Kier alpha value is -2.40. The van der Waals surface area contributed by atoms with Gasteiger partial charge in [0.15, 0.2) is 0 Å². The van der Waals surface area contributed by atoms with E-state index in [4.69, 9.17) is 4.74 Å². The minimum absolute atomic E-state index is 0.166. The number of hydrogen-bond donors (Lipinski definition) is 1. The molecule has 0 saturated carbocycles. The van der Waals surface area contributed by atoms with Crippen molar-refractivity contribution >= 4 is 5.91 Å². The number of rotatable bonds is 6. The number of likely N-dealkylation sites (tertiary alicyclic amines) is 1. The quantitative estimate of drug-likeness (QED) is 0.886. The van der Waals surface area contributed by atoms with Crippen LogP contribution in [0.25, 0.3) is 0 Å². The van der Waals surface area contributed by atoms with E-state index >= 15 is 0 Å². The number of carbonyl (C=O) groups excluding carboxylic acids is 1. The Morgan fingerprint density at radius 3 is 2.83 bits per heavy atom. The van der Waals surface area contributed by atoms with Crippen LogP contribution in [0.5, 0.6) is 5.75 Å². The van der Waals surface area contributed by atoms with Crippen molar-refractivity contribution in [2.24, 2.45) is 0 Å². The first-order chi connectivity index (χ1) is 11.6. The Balaban J connectivity index is 1.59. The van der Waals surface area contributed by atoms with Gasteiger partial charge in [-0.15, -0.1) is 0 Å². The summed E-state index contributed by atoms with van der Waals surface area (Å²) in [5.74, 6) is 0.677. The van der Waals surface area contributed by atoms with E-state index in [9.17, 15) is 9.18 Å². The lowest BCUT2D eigenvalue weighted by molar-refractivity contribution is -0.126. The summed E-state index contributed by atoms with van der Waals surface area (Å²) in [7, 11) is 1.82. The Morgan fingerprint density at radius 1 is 1.25 bits per heavy atom. The number of para-hydroxylation sites is 1. The second-order valence-electron chi connectivity index (χ2n) is 6.08. The maximum atomic E-state index is 13.2. The molecule has 24 heavy (non-hydrogen) atoms. The summed E-state index contributed by atoms with van der Waals surface area (Å²) in [4.78, 5) is 13.3. The average molecular weight is 328 g/mol. The maximum Gasteiger partial charge on any atom is 0.224 e. The SMILES string of the molecule is CN1CC(NCc2ccccc2OCc2cccc(F)c2)CC1=O. The average Bonchev–Trinajstić information content (AvgIpc) is 2.90. The van der Waals surface area contributed by atoms with Crippen LogP contribution in [0.2, 0.25) is 0 Å². The van der Waals surface area contributed by atoms with Gasteiger partial charge in [0.05, 0.1) is 0 Å². The van der Waals surface area contributed by atoms with Crippen molar-refractivity contribution in [3.63, 3.8) is 0 Å². The largest absolute Gasteiger partial charge is 0.489 e. The molecule has 126 valence electrons. The van der Waals surface area contributed by atoms with E-state index in [2.05, 4.69) is 5.32 Å². The predicted molar refractivity (Wildman–Crippen MR) is 90.1 cm³/mol. The number of carbonyl (C=O) groups is 1. The van der Waals surface area contributed by atoms with Crippen LogP contribution in [0.1, 0.15) is 17.5 Å². The fourth-order valence-electron chi connectivity index (χ4n) is 2.83. The fraction of sp³-hybridized carbons (Fsp3) is 0.316. The number of ether oxygens (including phenoxy) is 1. The number of amides is 1. The molecule has 2 aromatic carbocycles. The number of nitrogens with zero attached hydrogens (tertiary/aromatic N) is 1. The summed E-state index contributed by atoms with van der Waals surface area (Å²) in [6.07, 6.45) is 0.531. The highest BCUT2D eigenvalue weighted by atomic mass is 19.1. The van der Waals surface area contributed by atoms with Crippen LogP contribution in [0.15, 0.2) is 48.5 Å². The first-order valence-electron chi connectivity index (χ1n) is 8.04.